The Morgan fingerprint density at radius 1 is 1.12 bits per heavy atom. The normalized spacial score (nSPS) is 18.6. The molecule has 6 heteroatoms. The second kappa shape index (κ2) is 10.2. The Morgan fingerprint density at radius 3 is 2.47 bits per heavy atom. The first-order valence-electron chi connectivity index (χ1n) is 11.3. The van der Waals surface area contributed by atoms with Gasteiger partial charge in [-0.05, 0) is 66.7 Å². The zero-order valence-electron chi connectivity index (χ0n) is 19.7. The van der Waals surface area contributed by atoms with Gasteiger partial charge in [0.2, 0.25) is 0 Å². The largest absolute Gasteiger partial charge is 0.497 e. The van der Waals surface area contributed by atoms with Gasteiger partial charge in [-0.2, -0.15) is 0 Å². The van der Waals surface area contributed by atoms with Crippen molar-refractivity contribution in [3.8, 4) is 5.75 Å². The van der Waals surface area contributed by atoms with Crippen LogP contribution in [0.3, 0.4) is 0 Å². The lowest BCUT2D eigenvalue weighted by atomic mass is 9.71. The number of aromatic nitrogens is 1. The fourth-order valence-electron chi connectivity index (χ4n) is 4.35. The number of ether oxygens (including phenoxy) is 1. The Labute approximate surface area is 206 Å². The zero-order chi connectivity index (χ0) is 24.1. The standard InChI is InChI=1S/C28H29N3O2S/c1-28(2)25(17-20-12-14-24(33-3)15-13-20)31(27(34)30-22-9-5-4-6-10-22)19-21(26(28)32)18-23-11-7-8-16-29-23/h4-16,18,25H,17,19H2,1-3H3,(H,30,34). The van der Waals surface area contributed by atoms with E-state index in [1.807, 2.05) is 92.7 Å². The molecule has 1 fully saturated rings. The van der Waals surface area contributed by atoms with Gasteiger partial charge in [0.15, 0.2) is 10.9 Å². The number of benzene rings is 2. The second-order valence-corrected chi connectivity index (χ2v) is 9.35. The van der Waals surface area contributed by atoms with Crippen LogP contribution in [0.2, 0.25) is 0 Å². The van der Waals surface area contributed by atoms with Crippen molar-refractivity contribution in [2.24, 2.45) is 5.41 Å². The molecule has 0 amide bonds. The van der Waals surface area contributed by atoms with Crippen LogP contribution in [0.1, 0.15) is 25.1 Å². The molecule has 3 aromatic rings. The van der Waals surface area contributed by atoms with Gasteiger partial charge in [0.1, 0.15) is 5.75 Å². The average molecular weight is 472 g/mol. The van der Waals surface area contributed by atoms with Gasteiger partial charge in [0.05, 0.1) is 12.8 Å². The Bertz CT molecular complexity index is 1180. The third-order valence-electron chi connectivity index (χ3n) is 6.31. The number of rotatable bonds is 5. The fourth-order valence-corrected chi connectivity index (χ4v) is 4.66. The molecule has 1 aliphatic heterocycles. The monoisotopic (exact) mass is 471 g/mol. The van der Waals surface area contributed by atoms with Crippen molar-refractivity contribution in [3.63, 3.8) is 0 Å². The maximum Gasteiger partial charge on any atom is 0.174 e. The number of methoxy groups -OCH3 is 1. The maximum atomic E-state index is 13.7. The van der Waals surface area contributed by atoms with Crippen LogP contribution in [-0.2, 0) is 11.2 Å². The number of hydrogen-bond acceptors (Lipinski definition) is 4. The molecule has 1 aromatic heterocycles. The molecular formula is C28H29N3O2S. The van der Waals surface area contributed by atoms with Gasteiger partial charge < -0.3 is 15.0 Å². The third kappa shape index (κ3) is 5.18. The van der Waals surface area contributed by atoms with Crippen LogP contribution in [0.4, 0.5) is 5.69 Å². The number of likely N-dealkylation sites (tertiary alicyclic amines) is 1. The van der Waals surface area contributed by atoms with E-state index in [0.717, 1.165) is 22.7 Å². The first-order chi connectivity index (χ1) is 16.4. The first-order valence-corrected chi connectivity index (χ1v) is 11.7. The molecule has 0 radical (unpaired) electrons. The van der Waals surface area contributed by atoms with Crippen LogP contribution >= 0.6 is 12.2 Å². The molecule has 4 rings (SSSR count). The van der Waals surface area contributed by atoms with Gasteiger partial charge >= 0.3 is 0 Å². The molecule has 174 valence electrons. The summed E-state index contributed by atoms with van der Waals surface area (Å²) in [5, 5.41) is 3.96. The molecule has 5 nitrogen and oxygen atoms in total. The highest BCUT2D eigenvalue weighted by Gasteiger charge is 2.46. The van der Waals surface area contributed by atoms with Crippen LogP contribution in [-0.4, -0.2) is 40.5 Å². The highest BCUT2D eigenvalue weighted by atomic mass is 32.1. The van der Waals surface area contributed by atoms with Gasteiger partial charge in [-0.3, -0.25) is 9.78 Å². The number of anilines is 1. The van der Waals surface area contributed by atoms with Crippen LogP contribution in [0.15, 0.2) is 84.6 Å². The van der Waals surface area contributed by atoms with Gasteiger partial charge in [-0.15, -0.1) is 0 Å². The van der Waals surface area contributed by atoms with Crippen molar-refractivity contribution in [2.45, 2.75) is 26.3 Å². The molecule has 0 spiro atoms. The lowest BCUT2D eigenvalue weighted by Crippen LogP contribution is -2.59. The number of carbonyl (C=O) groups is 1. The molecule has 1 saturated heterocycles. The number of nitrogens with one attached hydrogen (secondary N) is 1. The summed E-state index contributed by atoms with van der Waals surface area (Å²) < 4.78 is 5.30. The predicted octanol–water partition coefficient (Wildman–Crippen LogP) is 5.39. The average Bonchev–Trinajstić information content (AvgIpc) is 2.85. The maximum absolute atomic E-state index is 13.7. The molecule has 0 aliphatic carbocycles. The van der Waals surface area contributed by atoms with Crippen molar-refractivity contribution in [2.75, 3.05) is 19.0 Å². The molecule has 1 atom stereocenters. The Kier molecular flexibility index (Phi) is 7.08. The van der Waals surface area contributed by atoms with Gasteiger partial charge in [-0.1, -0.05) is 50.2 Å². The topological polar surface area (TPSA) is 54.5 Å². The summed E-state index contributed by atoms with van der Waals surface area (Å²) in [6, 6.07) is 23.4. The summed E-state index contributed by atoms with van der Waals surface area (Å²) >= 11 is 5.89. The molecule has 34 heavy (non-hydrogen) atoms. The highest BCUT2D eigenvalue weighted by molar-refractivity contribution is 7.80. The summed E-state index contributed by atoms with van der Waals surface area (Å²) in [6.07, 6.45) is 4.29. The van der Waals surface area contributed by atoms with Crippen molar-refractivity contribution < 1.29 is 9.53 Å². The third-order valence-corrected chi connectivity index (χ3v) is 6.65. The van der Waals surface area contributed by atoms with E-state index in [-0.39, 0.29) is 11.8 Å². The Balaban J connectivity index is 1.69. The van der Waals surface area contributed by atoms with Crippen LogP contribution < -0.4 is 10.1 Å². The first kappa shape index (κ1) is 23.6. The zero-order valence-corrected chi connectivity index (χ0v) is 20.5. The molecule has 2 aromatic carbocycles. The van der Waals surface area contributed by atoms with E-state index < -0.39 is 5.41 Å². The van der Waals surface area contributed by atoms with Gasteiger partial charge in [0, 0.05) is 35.5 Å². The van der Waals surface area contributed by atoms with Gasteiger partial charge in [-0.25, -0.2) is 0 Å². The summed E-state index contributed by atoms with van der Waals surface area (Å²) in [7, 11) is 1.66. The van der Waals surface area contributed by atoms with E-state index in [0.29, 0.717) is 23.7 Å². The number of para-hydroxylation sites is 1. The number of hydrogen-bond donors (Lipinski definition) is 1. The van der Waals surface area contributed by atoms with E-state index in [2.05, 4.69) is 15.2 Å². The van der Waals surface area contributed by atoms with Crippen molar-refractivity contribution in [1.29, 1.82) is 0 Å². The Hall–Kier alpha value is -3.51. The Morgan fingerprint density at radius 2 is 1.82 bits per heavy atom. The minimum Gasteiger partial charge on any atom is -0.497 e. The van der Waals surface area contributed by atoms with Crippen LogP contribution in [0.5, 0.6) is 5.75 Å². The number of carbonyl (C=O) groups excluding carboxylic acids is 1. The SMILES string of the molecule is COc1ccc(CC2N(C(=S)Nc3ccccc3)CC(=Cc3ccccn3)C(=O)C2(C)C)cc1. The lowest BCUT2D eigenvalue weighted by molar-refractivity contribution is -0.128. The van der Waals surface area contributed by atoms with E-state index in [1.165, 1.54) is 0 Å². The summed E-state index contributed by atoms with van der Waals surface area (Å²) in [4.78, 5) is 20.2. The van der Waals surface area contributed by atoms with E-state index in [4.69, 9.17) is 17.0 Å². The number of nitrogens with zero attached hydrogens (tertiary/aromatic N) is 2. The van der Waals surface area contributed by atoms with E-state index in [1.54, 1.807) is 13.3 Å². The number of pyridine rings is 1. The summed E-state index contributed by atoms with van der Waals surface area (Å²) in [5.41, 5.74) is 2.84. The molecule has 0 bridgehead atoms. The molecular weight excluding hydrogens is 442 g/mol. The lowest BCUT2D eigenvalue weighted by Gasteiger charge is -2.47. The molecule has 1 N–H and O–H groups in total. The molecule has 1 aliphatic rings. The minimum atomic E-state index is -0.665. The molecule has 0 saturated carbocycles. The van der Waals surface area contributed by atoms with E-state index in [9.17, 15) is 4.79 Å². The van der Waals surface area contributed by atoms with Crippen LogP contribution in [0, 0.1) is 5.41 Å². The summed E-state index contributed by atoms with van der Waals surface area (Å²) in [5.74, 6) is 0.928. The van der Waals surface area contributed by atoms with Crippen molar-refractivity contribution >= 4 is 34.9 Å². The second-order valence-electron chi connectivity index (χ2n) is 8.97. The van der Waals surface area contributed by atoms with E-state index >= 15 is 0 Å². The fraction of sp³-hybridized carbons (Fsp3) is 0.250. The van der Waals surface area contributed by atoms with Crippen molar-refractivity contribution in [1.82, 2.24) is 9.88 Å². The molecule has 1 unspecified atom stereocenters. The number of piperidine rings is 1. The highest BCUT2D eigenvalue weighted by Crippen LogP contribution is 2.38. The van der Waals surface area contributed by atoms with Gasteiger partial charge in [0.25, 0.3) is 0 Å². The minimum absolute atomic E-state index is 0.121. The predicted molar refractivity (Wildman–Crippen MR) is 141 cm³/mol. The number of thiocarbonyl (C=S) groups is 1. The van der Waals surface area contributed by atoms with Crippen LogP contribution in [0.25, 0.3) is 6.08 Å². The quantitative estimate of drug-likeness (QED) is 0.398. The summed E-state index contributed by atoms with van der Waals surface area (Å²) in [6.45, 7) is 4.43. The number of Topliss-reactive ketones (excluding diaryl/α,β-unsaturated/α-hetero) is 1. The van der Waals surface area contributed by atoms with Crippen molar-refractivity contribution in [3.05, 3.63) is 95.8 Å². The molecule has 2 heterocycles. The smallest absolute Gasteiger partial charge is 0.174 e. The number of ketones is 1.